The summed E-state index contributed by atoms with van der Waals surface area (Å²) in [7, 11) is 7.72. The van der Waals surface area contributed by atoms with E-state index < -0.39 is 0 Å². The first-order valence-corrected chi connectivity index (χ1v) is 8.76. The van der Waals surface area contributed by atoms with Crippen LogP contribution in [0, 0.1) is 0 Å². The van der Waals surface area contributed by atoms with Gasteiger partial charge in [0.2, 0.25) is 0 Å². The van der Waals surface area contributed by atoms with Gasteiger partial charge in [0, 0.05) is 23.0 Å². The van der Waals surface area contributed by atoms with Crippen LogP contribution in [0.3, 0.4) is 0 Å². The molecule has 0 bridgehead atoms. The first-order chi connectivity index (χ1) is 6.00. The molecule has 0 radical (unpaired) electrons. The normalized spacial score (nSPS) is 26.7. The van der Waals surface area contributed by atoms with Gasteiger partial charge in [-0.05, 0) is 0 Å². The Morgan fingerprint density at radius 1 is 0.500 bits per heavy atom. The largest absolute Gasteiger partial charge is 0.0897 e. The topological polar surface area (TPSA) is 0 Å². The summed E-state index contributed by atoms with van der Waals surface area (Å²) in [4.78, 5) is 0. The molecule has 68 valence electrons. The number of rotatable bonds is 0. The van der Waals surface area contributed by atoms with E-state index in [-0.39, 0.29) is 0 Å². The van der Waals surface area contributed by atoms with Gasteiger partial charge in [0.25, 0.3) is 0 Å². The highest BCUT2D eigenvalue weighted by atomic mass is 33.1. The minimum Gasteiger partial charge on any atom is -0.0897 e. The first-order valence-electron chi connectivity index (χ1n) is 3.79. The Morgan fingerprint density at radius 3 is 1.00 bits per heavy atom. The summed E-state index contributed by atoms with van der Waals surface area (Å²) < 4.78 is 0. The maximum atomic E-state index is 2.26. The molecule has 0 aromatic carbocycles. The summed E-state index contributed by atoms with van der Waals surface area (Å²) >= 11 is 0. The predicted molar refractivity (Wildman–Crippen MR) is 68.1 cm³/mol. The lowest BCUT2D eigenvalue weighted by molar-refractivity contribution is 1.67. The van der Waals surface area contributed by atoms with Gasteiger partial charge in [0.05, 0.1) is 0 Å². The van der Waals surface area contributed by atoms with Crippen molar-refractivity contribution in [3.63, 3.8) is 0 Å². The van der Waals surface area contributed by atoms with Crippen molar-refractivity contribution in [1.82, 2.24) is 0 Å². The molecule has 0 fully saturated rings. The van der Waals surface area contributed by atoms with Crippen LogP contribution >= 0.6 is 43.2 Å². The van der Waals surface area contributed by atoms with Crippen molar-refractivity contribution in [1.29, 1.82) is 0 Å². The standard InChI is InChI=1S/C8H12S4/c1-2-6-10-12-8-4-3-7-11-9-5-1/h1-4H,5-8H2/b2-1-,4-3+. The molecule has 0 spiro atoms. The summed E-state index contributed by atoms with van der Waals surface area (Å²) in [5.74, 6) is 4.57. The minimum atomic E-state index is 1.14. The minimum absolute atomic E-state index is 1.14. The van der Waals surface area contributed by atoms with Crippen molar-refractivity contribution in [3.8, 4) is 0 Å². The Kier molecular flexibility index (Phi) is 7.74. The molecule has 0 N–H and O–H groups in total. The van der Waals surface area contributed by atoms with Gasteiger partial charge in [0.1, 0.15) is 0 Å². The second-order valence-electron chi connectivity index (χ2n) is 2.08. The van der Waals surface area contributed by atoms with Gasteiger partial charge in [-0.25, -0.2) is 0 Å². The molecule has 0 nitrogen and oxygen atoms in total. The van der Waals surface area contributed by atoms with Gasteiger partial charge in [-0.1, -0.05) is 67.5 Å². The highest BCUT2D eigenvalue weighted by molar-refractivity contribution is 8.77. The van der Waals surface area contributed by atoms with Gasteiger partial charge in [-0.3, -0.25) is 0 Å². The van der Waals surface area contributed by atoms with E-state index in [1.54, 1.807) is 0 Å². The van der Waals surface area contributed by atoms with Crippen LogP contribution in [-0.4, -0.2) is 23.0 Å². The average Bonchev–Trinajstić information content (AvgIpc) is 2.05. The molecular formula is C8H12S4. The highest BCUT2D eigenvalue weighted by Crippen LogP contribution is 2.24. The molecule has 1 aliphatic heterocycles. The fourth-order valence-corrected chi connectivity index (χ4v) is 3.96. The summed E-state index contributed by atoms with van der Waals surface area (Å²) in [5, 5.41) is 0. The second-order valence-corrected chi connectivity index (χ2v) is 7.19. The lowest BCUT2D eigenvalue weighted by atomic mass is 10.6. The third-order valence-corrected chi connectivity index (χ3v) is 5.44. The van der Waals surface area contributed by atoms with Crippen LogP contribution in [-0.2, 0) is 0 Å². The Hall–Kier alpha value is 0.880. The van der Waals surface area contributed by atoms with Crippen molar-refractivity contribution in [2.75, 3.05) is 23.0 Å². The van der Waals surface area contributed by atoms with Crippen molar-refractivity contribution in [2.45, 2.75) is 0 Å². The van der Waals surface area contributed by atoms with Gasteiger partial charge in [-0.15, -0.1) is 0 Å². The summed E-state index contributed by atoms with van der Waals surface area (Å²) in [6.45, 7) is 0. The van der Waals surface area contributed by atoms with E-state index in [0.717, 1.165) is 23.0 Å². The lowest BCUT2D eigenvalue weighted by Crippen LogP contribution is -1.75. The third kappa shape index (κ3) is 6.40. The van der Waals surface area contributed by atoms with Crippen molar-refractivity contribution >= 4 is 43.2 Å². The second kappa shape index (κ2) is 8.48. The summed E-state index contributed by atoms with van der Waals surface area (Å²) in [6, 6.07) is 0. The van der Waals surface area contributed by atoms with Crippen LogP contribution in [0.4, 0.5) is 0 Å². The van der Waals surface area contributed by atoms with Gasteiger partial charge in [0.15, 0.2) is 0 Å². The molecule has 0 aliphatic carbocycles. The number of hydrogen-bond donors (Lipinski definition) is 0. The Balaban J connectivity index is 2.18. The molecule has 1 heterocycles. The molecule has 0 saturated carbocycles. The quantitative estimate of drug-likeness (QED) is 0.462. The first kappa shape index (κ1) is 11.0. The number of hydrogen-bond acceptors (Lipinski definition) is 4. The SMILES string of the molecule is C1=C\CSSC/C=C/CSSC/1. The molecular weight excluding hydrogens is 224 g/mol. The van der Waals surface area contributed by atoms with Gasteiger partial charge in [-0.2, -0.15) is 0 Å². The van der Waals surface area contributed by atoms with E-state index in [2.05, 4.69) is 24.3 Å². The van der Waals surface area contributed by atoms with Gasteiger partial charge >= 0.3 is 0 Å². The highest BCUT2D eigenvalue weighted by Gasteiger charge is 1.88. The van der Waals surface area contributed by atoms with Crippen LogP contribution in [0.1, 0.15) is 0 Å². The monoisotopic (exact) mass is 236 g/mol. The van der Waals surface area contributed by atoms with E-state index in [1.165, 1.54) is 0 Å². The molecule has 12 heavy (non-hydrogen) atoms. The van der Waals surface area contributed by atoms with E-state index in [1.807, 2.05) is 43.2 Å². The average molecular weight is 236 g/mol. The Morgan fingerprint density at radius 2 is 0.750 bits per heavy atom. The van der Waals surface area contributed by atoms with Crippen LogP contribution in [0.5, 0.6) is 0 Å². The van der Waals surface area contributed by atoms with E-state index >= 15 is 0 Å². The van der Waals surface area contributed by atoms with E-state index in [9.17, 15) is 0 Å². The molecule has 0 saturated heterocycles. The molecule has 0 unspecified atom stereocenters. The van der Waals surface area contributed by atoms with Crippen LogP contribution in [0.2, 0.25) is 0 Å². The molecule has 0 aromatic heterocycles. The van der Waals surface area contributed by atoms with Crippen LogP contribution < -0.4 is 0 Å². The maximum Gasteiger partial charge on any atom is 0.0218 e. The zero-order chi connectivity index (χ0) is 8.49. The Bertz CT molecular complexity index is 119. The maximum absolute atomic E-state index is 2.26. The molecule has 0 atom stereocenters. The molecule has 1 rings (SSSR count). The molecule has 0 aromatic rings. The lowest BCUT2D eigenvalue weighted by Gasteiger charge is -1.96. The summed E-state index contributed by atoms with van der Waals surface area (Å²) in [6.07, 6.45) is 9.04. The van der Waals surface area contributed by atoms with Crippen LogP contribution in [0.15, 0.2) is 24.3 Å². The molecule has 0 amide bonds. The molecule has 4 heteroatoms. The zero-order valence-corrected chi connectivity index (χ0v) is 10.0. The van der Waals surface area contributed by atoms with E-state index in [0.29, 0.717) is 0 Å². The Labute approximate surface area is 90.2 Å². The van der Waals surface area contributed by atoms with Crippen molar-refractivity contribution in [2.24, 2.45) is 0 Å². The predicted octanol–water partition coefficient (Wildman–Crippen LogP) is 3.88. The van der Waals surface area contributed by atoms with Crippen molar-refractivity contribution in [3.05, 3.63) is 24.3 Å². The van der Waals surface area contributed by atoms with E-state index in [4.69, 9.17) is 0 Å². The third-order valence-electron chi connectivity index (χ3n) is 1.16. The zero-order valence-electron chi connectivity index (χ0n) is 6.77. The fraction of sp³-hybridized carbons (Fsp3) is 0.500. The molecule has 1 aliphatic rings. The van der Waals surface area contributed by atoms with Gasteiger partial charge < -0.3 is 0 Å². The van der Waals surface area contributed by atoms with Crippen molar-refractivity contribution < 1.29 is 0 Å². The van der Waals surface area contributed by atoms with Crippen LogP contribution in [0.25, 0.3) is 0 Å². The fourth-order valence-electron chi connectivity index (χ4n) is 0.622. The smallest absolute Gasteiger partial charge is 0.0218 e. The summed E-state index contributed by atoms with van der Waals surface area (Å²) in [5.41, 5.74) is 0.